The molecule has 3 nitrogen and oxygen atoms in total. The summed E-state index contributed by atoms with van der Waals surface area (Å²) in [6.07, 6.45) is 0. The second-order valence-electron chi connectivity index (χ2n) is 3.77. The van der Waals surface area contributed by atoms with Gasteiger partial charge in [0.05, 0.1) is 11.4 Å². The summed E-state index contributed by atoms with van der Waals surface area (Å²) in [4.78, 5) is 0. The van der Waals surface area contributed by atoms with Crippen molar-refractivity contribution in [3.63, 3.8) is 0 Å². The van der Waals surface area contributed by atoms with Crippen LogP contribution >= 0.6 is 15.9 Å². The van der Waals surface area contributed by atoms with E-state index in [0.717, 1.165) is 21.4 Å². The molecule has 5 heteroatoms. The van der Waals surface area contributed by atoms with Gasteiger partial charge in [-0.05, 0) is 45.8 Å². The van der Waals surface area contributed by atoms with Gasteiger partial charge >= 0.3 is 0 Å². The van der Waals surface area contributed by atoms with Crippen LogP contribution in [0.3, 0.4) is 0 Å². The standard InChI is InChI=1S/C13H12BrNO2S/c14-12-8-10(9-18(16)17)6-7-13(12)15-11-4-2-1-3-5-11/h1-8,15H,9H2,(H,16,17). The second kappa shape index (κ2) is 6.13. The molecule has 0 aliphatic heterocycles. The molecule has 0 saturated carbocycles. The quantitative estimate of drug-likeness (QED) is 0.838. The molecule has 94 valence electrons. The van der Waals surface area contributed by atoms with Gasteiger partial charge in [-0.2, -0.15) is 0 Å². The third-order valence-corrected chi connectivity index (χ3v) is 3.61. The van der Waals surface area contributed by atoms with Crippen molar-refractivity contribution in [1.29, 1.82) is 0 Å². The molecule has 2 N–H and O–H groups in total. The zero-order valence-corrected chi connectivity index (χ0v) is 11.9. The zero-order valence-electron chi connectivity index (χ0n) is 9.47. The summed E-state index contributed by atoms with van der Waals surface area (Å²) < 4.78 is 20.4. The fraction of sp³-hybridized carbons (Fsp3) is 0.0769. The molecule has 0 amide bonds. The fourth-order valence-corrected chi connectivity index (χ4v) is 2.56. The zero-order chi connectivity index (χ0) is 13.0. The molecule has 0 heterocycles. The number of rotatable bonds is 4. The molecule has 2 aromatic rings. The maximum atomic E-state index is 10.7. The normalized spacial score (nSPS) is 12.1. The molecule has 2 rings (SSSR count). The Morgan fingerprint density at radius 3 is 2.50 bits per heavy atom. The van der Waals surface area contributed by atoms with Gasteiger partial charge in [0.25, 0.3) is 0 Å². The molecule has 18 heavy (non-hydrogen) atoms. The van der Waals surface area contributed by atoms with Gasteiger partial charge in [-0.1, -0.05) is 24.3 Å². The minimum Gasteiger partial charge on any atom is -0.355 e. The number of hydrogen-bond acceptors (Lipinski definition) is 2. The van der Waals surface area contributed by atoms with E-state index in [1.165, 1.54) is 0 Å². The lowest BCUT2D eigenvalue weighted by Crippen LogP contribution is -1.95. The molecule has 1 atom stereocenters. The van der Waals surface area contributed by atoms with Crippen molar-refractivity contribution in [1.82, 2.24) is 0 Å². The van der Waals surface area contributed by atoms with Gasteiger partial charge < -0.3 is 9.87 Å². The third-order valence-electron chi connectivity index (χ3n) is 2.38. The molecular formula is C13H12BrNO2S. The molecule has 0 fully saturated rings. The summed E-state index contributed by atoms with van der Waals surface area (Å²) in [6.45, 7) is 0. The van der Waals surface area contributed by atoms with Crippen LogP contribution in [0.15, 0.2) is 53.0 Å². The van der Waals surface area contributed by atoms with Gasteiger partial charge in [0, 0.05) is 10.2 Å². The molecule has 0 spiro atoms. The predicted molar refractivity (Wildman–Crippen MR) is 78.3 cm³/mol. The second-order valence-corrected chi connectivity index (χ2v) is 5.56. The Bertz CT molecular complexity index is 560. The van der Waals surface area contributed by atoms with E-state index in [9.17, 15) is 4.21 Å². The number of benzene rings is 2. The van der Waals surface area contributed by atoms with Crippen LogP contribution in [0.5, 0.6) is 0 Å². The summed E-state index contributed by atoms with van der Waals surface area (Å²) in [5, 5.41) is 3.27. The Morgan fingerprint density at radius 2 is 1.89 bits per heavy atom. The van der Waals surface area contributed by atoms with Crippen LogP contribution in [0.25, 0.3) is 0 Å². The maximum Gasteiger partial charge on any atom is 0.157 e. The highest BCUT2D eigenvalue weighted by molar-refractivity contribution is 9.10. The molecular weight excluding hydrogens is 314 g/mol. The Labute approximate surface area is 117 Å². The highest BCUT2D eigenvalue weighted by Gasteiger charge is 2.04. The number of para-hydroxylation sites is 1. The van der Waals surface area contributed by atoms with Gasteiger partial charge in [-0.25, -0.2) is 4.21 Å². The van der Waals surface area contributed by atoms with Crippen LogP contribution in [-0.2, 0) is 16.8 Å². The third kappa shape index (κ3) is 3.66. The average molecular weight is 326 g/mol. The van der Waals surface area contributed by atoms with E-state index in [0.29, 0.717) is 0 Å². The number of hydrogen-bond donors (Lipinski definition) is 2. The molecule has 0 aromatic heterocycles. The highest BCUT2D eigenvalue weighted by atomic mass is 79.9. The van der Waals surface area contributed by atoms with Gasteiger partial charge in [0.2, 0.25) is 0 Å². The number of halogens is 1. The monoisotopic (exact) mass is 325 g/mol. The minimum absolute atomic E-state index is 0.143. The first-order valence-corrected chi connectivity index (χ1v) is 7.40. The van der Waals surface area contributed by atoms with E-state index in [-0.39, 0.29) is 5.75 Å². The highest BCUT2D eigenvalue weighted by Crippen LogP contribution is 2.27. The lowest BCUT2D eigenvalue weighted by atomic mass is 10.2. The lowest BCUT2D eigenvalue weighted by Gasteiger charge is -2.09. The fourth-order valence-electron chi connectivity index (χ4n) is 1.57. The van der Waals surface area contributed by atoms with Crippen LogP contribution in [0, 0.1) is 0 Å². The van der Waals surface area contributed by atoms with Crippen LogP contribution in [-0.4, -0.2) is 8.76 Å². The SMILES string of the molecule is O=S(O)Cc1ccc(Nc2ccccc2)c(Br)c1. The van der Waals surface area contributed by atoms with Crippen LogP contribution in [0.4, 0.5) is 11.4 Å². The Kier molecular flexibility index (Phi) is 4.52. The molecule has 0 aliphatic rings. The molecule has 0 aliphatic carbocycles. The van der Waals surface area contributed by atoms with Crippen molar-refractivity contribution in [3.8, 4) is 0 Å². The van der Waals surface area contributed by atoms with Crippen molar-refractivity contribution in [3.05, 3.63) is 58.6 Å². The molecule has 0 radical (unpaired) electrons. The molecule has 1 unspecified atom stereocenters. The Morgan fingerprint density at radius 1 is 1.17 bits per heavy atom. The molecule has 2 aromatic carbocycles. The van der Waals surface area contributed by atoms with Crippen molar-refractivity contribution in [2.75, 3.05) is 5.32 Å². The first-order valence-electron chi connectivity index (χ1n) is 5.33. The van der Waals surface area contributed by atoms with Crippen molar-refractivity contribution < 1.29 is 8.76 Å². The Hall–Kier alpha value is -1.17. The summed E-state index contributed by atoms with van der Waals surface area (Å²) in [6, 6.07) is 15.4. The minimum atomic E-state index is -1.81. The van der Waals surface area contributed by atoms with Crippen molar-refractivity contribution >= 4 is 38.4 Å². The largest absolute Gasteiger partial charge is 0.355 e. The first-order chi connectivity index (χ1) is 8.65. The average Bonchev–Trinajstić information content (AvgIpc) is 2.33. The summed E-state index contributed by atoms with van der Waals surface area (Å²) in [7, 11) is 0. The summed E-state index contributed by atoms with van der Waals surface area (Å²) in [5.41, 5.74) is 2.74. The predicted octanol–water partition coefficient (Wildman–Crippen LogP) is 3.91. The van der Waals surface area contributed by atoms with Crippen LogP contribution < -0.4 is 5.32 Å². The topological polar surface area (TPSA) is 49.3 Å². The van der Waals surface area contributed by atoms with E-state index >= 15 is 0 Å². The summed E-state index contributed by atoms with van der Waals surface area (Å²) in [5.74, 6) is 0.143. The van der Waals surface area contributed by atoms with E-state index < -0.39 is 11.1 Å². The summed E-state index contributed by atoms with van der Waals surface area (Å²) >= 11 is 1.64. The van der Waals surface area contributed by atoms with Gasteiger partial charge in [0.1, 0.15) is 0 Å². The van der Waals surface area contributed by atoms with Crippen LogP contribution in [0.2, 0.25) is 0 Å². The lowest BCUT2D eigenvalue weighted by molar-refractivity contribution is 0.563. The maximum absolute atomic E-state index is 10.7. The van der Waals surface area contributed by atoms with Gasteiger partial charge in [-0.15, -0.1) is 0 Å². The Balaban J connectivity index is 2.17. The molecule has 0 bridgehead atoms. The van der Waals surface area contributed by atoms with Crippen molar-refractivity contribution in [2.45, 2.75) is 5.75 Å². The van der Waals surface area contributed by atoms with E-state index in [1.807, 2.05) is 48.5 Å². The van der Waals surface area contributed by atoms with Gasteiger partial charge in [-0.3, -0.25) is 0 Å². The smallest absolute Gasteiger partial charge is 0.157 e. The number of nitrogens with one attached hydrogen (secondary N) is 1. The molecule has 0 saturated heterocycles. The van der Waals surface area contributed by atoms with E-state index in [2.05, 4.69) is 21.2 Å². The van der Waals surface area contributed by atoms with Crippen LogP contribution in [0.1, 0.15) is 5.56 Å². The van der Waals surface area contributed by atoms with E-state index in [1.54, 1.807) is 0 Å². The van der Waals surface area contributed by atoms with E-state index in [4.69, 9.17) is 4.55 Å². The first kappa shape index (κ1) is 13.3. The van der Waals surface area contributed by atoms with Gasteiger partial charge in [0.15, 0.2) is 11.1 Å². The van der Waals surface area contributed by atoms with Crippen molar-refractivity contribution in [2.24, 2.45) is 0 Å². The number of anilines is 2.